The molecule has 49 heavy (non-hydrogen) atoms. The Bertz CT molecular complexity index is 1920. The average Bonchev–Trinajstić information content (AvgIpc) is 3.05. The van der Waals surface area contributed by atoms with Gasteiger partial charge in [0.25, 0.3) is 15.7 Å². The number of carbonyl (C=O) groups is 2. The highest BCUT2D eigenvalue weighted by atomic mass is 35.5. The number of carbonyl (C=O) groups excluding carboxylic acids is 2. The molecule has 2 amide bonds. The lowest BCUT2D eigenvalue weighted by Crippen LogP contribution is -2.56. The van der Waals surface area contributed by atoms with Gasteiger partial charge in [-0.05, 0) is 63.1 Å². The zero-order valence-electron chi connectivity index (χ0n) is 27.9. The number of benzene rings is 4. The van der Waals surface area contributed by atoms with E-state index in [9.17, 15) is 28.1 Å². The van der Waals surface area contributed by atoms with Gasteiger partial charge >= 0.3 is 0 Å². The number of sulfonamides is 1. The minimum atomic E-state index is -4.67. The molecular weight excluding hydrogens is 668 g/mol. The molecule has 0 aliphatic rings. The average molecular weight is 707 g/mol. The first-order valence-corrected chi connectivity index (χ1v) is 17.2. The van der Waals surface area contributed by atoms with E-state index in [1.54, 1.807) is 12.1 Å². The lowest BCUT2D eigenvalue weighted by atomic mass is 10.0. The van der Waals surface area contributed by atoms with Crippen LogP contribution in [0.3, 0.4) is 0 Å². The maximum Gasteiger partial charge on any atom is 0.273 e. The van der Waals surface area contributed by atoms with Crippen LogP contribution in [0.1, 0.15) is 37.5 Å². The summed E-state index contributed by atoms with van der Waals surface area (Å²) in [5.41, 5.74) is 0.645. The third-order valence-electron chi connectivity index (χ3n) is 7.62. The van der Waals surface area contributed by atoms with Gasteiger partial charge in [-0.1, -0.05) is 78.3 Å². The molecule has 0 heterocycles. The number of rotatable bonds is 13. The molecule has 1 N–H and O–H groups in total. The second kappa shape index (κ2) is 15.5. The Labute approximate surface area is 291 Å². The van der Waals surface area contributed by atoms with Crippen molar-refractivity contribution in [2.45, 2.75) is 57.1 Å². The van der Waals surface area contributed by atoms with Gasteiger partial charge < -0.3 is 15.0 Å². The Balaban J connectivity index is 1.89. The Morgan fingerprint density at radius 1 is 0.939 bits per heavy atom. The Hall–Kier alpha value is -4.94. The summed E-state index contributed by atoms with van der Waals surface area (Å²) in [6.45, 7) is 6.16. The van der Waals surface area contributed by atoms with Crippen LogP contribution in [0.15, 0.2) is 102 Å². The molecular formula is C36H39ClN4O7S. The predicted octanol–water partition coefficient (Wildman–Crippen LogP) is 6.32. The van der Waals surface area contributed by atoms with E-state index in [1.807, 2.05) is 69.3 Å². The van der Waals surface area contributed by atoms with E-state index in [2.05, 4.69) is 5.32 Å². The maximum absolute atomic E-state index is 14.7. The molecule has 11 nitrogen and oxygen atoms in total. The number of halogens is 1. The number of nitrogens with zero attached hydrogens (tertiary/aromatic N) is 3. The number of ether oxygens (including phenoxy) is 1. The third kappa shape index (κ3) is 9.36. The molecule has 1 atom stereocenters. The molecule has 4 rings (SSSR count). The highest BCUT2D eigenvalue weighted by Crippen LogP contribution is 2.36. The van der Waals surface area contributed by atoms with Crippen molar-refractivity contribution in [2.75, 3.05) is 18.0 Å². The summed E-state index contributed by atoms with van der Waals surface area (Å²) in [5, 5.41) is 14.9. The van der Waals surface area contributed by atoms with Gasteiger partial charge in [0.1, 0.15) is 18.3 Å². The third-order valence-corrected chi connectivity index (χ3v) is 9.61. The molecule has 0 saturated heterocycles. The first-order valence-electron chi connectivity index (χ1n) is 15.4. The molecule has 0 spiro atoms. The molecule has 0 bridgehead atoms. The molecule has 0 radical (unpaired) electrons. The predicted molar refractivity (Wildman–Crippen MR) is 189 cm³/mol. The van der Waals surface area contributed by atoms with Crippen LogP contribution in [0.4, 0.5) is 11.4 Å². The molecule has 0 aliphatic carbocycles. The van der Waals surface area contributed by atoms with Gasteiger partial charge in [-0.3, -0.25) is 24.0 Å². The number of nitro groups is 1. The van der Waals surface area contributed by atoms with Crippen molar-refractivity contribution in [3.8, 4) is 5.75 Å². The molecule has 0 saturated carbocycles. The van der Waals surface area contributed by atoms with Gasteiger partial charge in [-0.2, -0.15) is 0 Å². The Kier molecular flexibility index (Phi) is 11.7. The molecule has 0 unspecified atom stereocenters. The summed E-state index contributed by atoms with van der Waals surface area (Å²) in [5.74, 6) is -1.05. The number of hydrogen-bond acceptors (Lipinski definition) is 7. The molecule has 0 fully saturated rings. The Morgan fingerprint density at radius 2 is 1.55 bits per heavy atom. The highest BCUT2D eigenvalue weighted by Gasteiger charge is 2.37. The highest BCUT2D eigenvalue weighted by molar-refractivity contribution is 7.92. The molecule has 258 valence electrons. The number of anilines is 1. The monoisotopic (exact) mass is 706 g/mol. The smallest absolute Gasteiger partial charge is 0.273 e. The fourth-order valence-corrected chi connectivity index (χ4v) is 6.84. The van der Waals surface area contributed by atoms with E-state index in [0.29, 0.717) is 5.56 Å². The topological polar surface area (TPSA) is 139 Å². The van der Waals surface area contributed by atoms with Gasteiger partial charge in [0.2, 0.25) is 11.8 Å². The summed E-state index contributed by atoms with van der Waals surface area (Å²) in [4.78, 5) is 40.7. The van der Waals surface area contributed by atoms with Crippen LogP contribution in [0, 0.1) is 17.0 Å². The number of amides is 2. The summed E-state index contributed by atoms with van der Waals surface area (Å²) >= 11 is 6.34. The largest absolute Gasteiger partial charge is 0.495 e. The van der Waals surface area contributed by atoms with Gasteiger partial charge in [0.15, 0.2) is 0 Å². The second-order valence-corrected chi connectivity index (χ2v) is 14.8. The first kappa shape index (κ1) is 36.9. The van der Waals surface area contributed by atoms with E-state index in [1.165, 1.54) is 49.3 Å². The van der Waals surface area contributed by atoms with Crippen molar-refractivity contribution in [3.05, 3.63) is 129 Å². The number of methoxy groups -OCH3 is 1. The van der Waals surface area contributed by atoms with Crippen LogP contribution in [0.2, 0.25) is 5.02 Å². The summed E-state index contributed by atoms with van der Waals surface area (Å²) in [7, 11) is -3.33. The van der Waals surface area contributed by atoms with E-state index < -0.39 is 55.5 Å². The summed E-state index contributed by atoms with van der Waals surface area (Å²) in [6.07, 6.45) is 0.138. The summed E-state index contributed by atoms with van der Waals surface area (Å²) in [6, 6.07) is 25.0. The molecule has 4 aromatic rings. The van der Waals surface area contributed by atoms with Crippen LogP contribution in [-0.4, -0.2) is 55.3 Å². The normalized spacial score (nSPS) is 12.1. The molecule has 4 aromatic carbocycles. The van der Waals surface area contributed by atoms with Crippen molar-refractivity contribution >= 4 is 44.8 Å². The standard InChI is InChI=1S/C36H39ClN4O7S/c1-25-16-18-29(22-30(25)41(44)45)49(46,47)40(31-21-28(37)17-19-33(31)48-5)24-34(42)39(23-27-14-10-7-11-15-27)32(35(43)38-36(2,3)4)20-26-12-8-6-9-13-26/h6-19,21-22,32H,20,23-24H2,1-5H3,(H,38,43)/t32-/m1/s1. The van der Waals surface area contributed by atoms with Gasteiger partial charge in [-0.25, -0.2) is 8.42 Å². The number of hydrogen-bond donors (Lipinski definition) is 1. The number of nitrogens with one attached hydrogen (secondary N) is 1. The van der Waals surface area contributed by atoms with Gasteiger partial charge in [-0.15, -0.1) is 0 Å². The van der Waals surface area contributed by atoms with Crippen LogP contribution < -0.4 is 14.4 Å². The number of nitro benzene ring substituents is 1. The van der Waals surface area contributed by atoms with Gasteiger partial charge in [0.05, 0.1) is 22.6 Å². The molecule has 0 aliphatic heterocycles. The second-order valence-electron chi connectivity index (χ2n) is 12.5. The Morgan fingerprint density at radius 3 is 2.12 bits per heavy atom. The van der Waals surface area contributed by atoms with E-state index in [-0.39, 0.29) is 35.0 Å². The van der Waals surface area contributed by atoms with Crippen LogP contribution >= 0.6 is 11.6 Å². The van der Waals surface area contributed by atoms with Crippen LogP contribution in [0.25, 0.3) is 0 Å². The van der Waals surface area contributed by atoms with Crippen LogP contribution in [-0.2, 0) is 32.6 Å². The van der Waals surface area contributed by atoms with Crippen molar-refractivity contribution in [1.82, 2.24) is 10.2 Å². The van der Waals surface area contributed by atoms with Crippen molar-refractivity contribution in [2.24, 2.45) is 0 Å². The summed E-state index contributed by atoms with van der Waals surface area (Å²) < 4.78 is 35.2. The van der Waals surface area contributed by atoms with E-state index in [4.69, 9.17) is 16.3 Å². The minimum Gasteiger partial charge on any atom is -0.495 e. The number of aryl methyl sites for hydroxylation is 1. The quantitative estimate of drug-likeness (QED) is 0.127. The molecule has 13 heteroatoms. The molecule has 0 aromatic heterocycles. The lowest BCUT2D eigenvalue weighted by molar-refractivity contribution is -0.385. The minimum absolute atomic E-state index is 0.0225. The van der Waals surface area contributed by atoms with Crippen molar-refractivity contribution in [3.63, 3.8) is 0 Å². The van der Waals surface area contributed by atoms with E-state index in [0.717, 1.165) is 15.9 Å². The zero-order valence-corrected chi connectivity index (χ0v) is 29.5. The fraction of sp³-hybridized carbons (Fsp3) is 0.278. The lowest BCUT2D eigenvalue weighted by Gasteiger charge is -2.35. The zero-order chi connectivity index (χ0) is 35.9. The van der Waals surface area contributed by atoms with Crippen molar-refractivity contribution in [1.29, 1.82) is 0 Å². The van der Waals surface area contributed by atoms with Crippen molar-refractivity contribution < 1.29 is 27.7 Å². The van der Waals surface area contributed by atoms with Crippen LogP contribution in [0.5, 0.6) is 5.75 Å². The van der Waals surface area contributed by atoms with Gasteiger partial charge in [0, 0.05) is 35.2 Å². The fourth-order valence-electron chi connectivity index (χ4n) is 5.23. The SMILES string of the molecule is COc1ccc(Cl)cc1N(CC(=O)N(Cc1ccccc1)[C@H](Cc1ccccc1)C(=O)NC(C)(C)C)S(=O)(=O)c1ccc(C)c([N+](=O)[O-])c1. The first-order chi connectivity index (χ1) is 23.1. The maximum atomic E-state index is 14.7. The van der Waals surface area contributed by atoms with E-state index >= 15 is 0 Å².